The molecule has 6 heteroatoms. The highest BCUT2D eigenvalue weighted by molar-refractivity contribution is 6.34. The fraction of sp³-hybridized carbons (Fsp3) is 0.250. The summed E-state index contributed by atoms with van der Waals surface area (Å²) in [6, 6.07) is 13.7. The third-order valence-corrected chi connectivity index (χ3v) is 4.23. The van der Waals surface area contributed by atoms with Crippen LogP contribution in [0.4, 0.5) is 5.69 Å². The summed E-state index contributed by atoms with van der Waals surface area (Å²) >= 11 is 0. The molecular formula is C20H21N3O3. The van der Waals surface area contributed by atoms with E-state index >= 15 is 0 Å². The van der Waals surface area contributed by atoms with Crippen LogP contribution in [-0.2, 0) is 11.2 Å². The van der Waals surface area contributed by atoms with E-state index in [9.17, 15) is 14.4 Å². The van der Waals surface area contributed by atoms with Crippen molar-refractivity contribution in [3.05, 3.63) is 65.2 Å². The molecule has 0 radical (unpaired) electrons. The van der Waals surface area contributed by atoms with E-state index in [0.717, 1.165) is 12.1 Å². The Balaban J connectivity index is 1.66. The molecule has 0 atom stereocenters. The van der Waals surface area contributed by atoms with Crippen molar-refractivity contribution in [1.82, 2.24) is 10.2 Å². The number of benzene rings is 2. The second kappa shape index (κ2) is 7.49. The zero-order valence-electron chi connectivity index (χ0n) is 14.9. The van der Waals surface area contributed by atoms with Gasteiger partial charge in [0.05, 0.1) is 23.2 Å². The average molecular weight is 351 g/mol. The van der Waals surface area contributed by atoms with Crippen LogP contribution in [0.15, 0.2) is 48.5 Å². The second-order valence-electron chi connectivity index (χ2n) is 6.49. The van der Waals surface area contributed by atoms with Gasteiger partial charge in [-0.05, 0) is 43.9 Å². The maximum Gasteiger partial charge on any atom is 0.266 e. The van der Waals surface area contributed by atoms with Crippen molar-refractivity contribution < 1.29 is 14.4 Å². The van der Waals surface area contributed by atoms with Gasteiger partial charge in [0, 0.05) is 13.1 Å². The van der Waals surface area contributed by atoms with Crippen LogP contribution in [0.25, 0.3) is 0 Å². The standard InChI is InChI=1S/C20H21N3O3/c1-22(2)12-11-21-18(24)13-14-7-9-15(10-8-14)23-19(25)16-5-3-4-6-17(16)20(23)26/h3-10H,11-13H2,1-2H3,(H,21,24). The maximum atomic E-state index is 12.5. The maximum absolute atomic E-state index is 12.5. The summed E-state index contributed by atoms with van der Waals surface area (Å²) in [4.78, 5) is 40.1. The number of hydrogen-bond donors (Lipinski definition) is 1. The predicted octanol–water partition coefficient (Wildman–Crippen LogP) is 1.71. The van der Waals surface area contributed by atoms with Gasteiger partial charge in [0.1, 0.15) is 0 Å². The van der Waals surface area contributed by atoms with Crippen molar-refractivity contribution >= 4 is 23.4 Å². The number of nitrogens with one attached hydrogen (secondary N) is 1. The lowest BCUT2D eigenvalue weighted by Crippen LogP contribution is -2.32. The van der Waals surface area contributed by atoms with E-state index in [2.05, 4.69) is 5.32 Å². The van der Waals surface area contributed by atoms with Crippen LogP contribution in [0.1, 0.15) is 26.3 Å². The average Bonchev–Trinajstić information content (AvgIpc) is 2.87. The molecule has 3 rings (SSSR count). The molecule has 0 bridgehead atoms. The van der Waals surface area contributed by atoms with Crippen LogP contribution >= 0.6 is 0 Å². The van der Waals surface area contributed by atoms with Crippen molar-refractivity contribution in [1.29, 1.82) is 0 Å². The van der Waals surface area contributed by atoms with Crippen molar-refractivity contribution in [2.24, 2.45) is 0 Å². The van der Waals surface area contributed by atoms with Gasteiger partial charge in [0.15, 0.2) is 0 Å². The highest BCUT2D eigenvalue weighted by Gasteiger charge is 2.36. The van der Waals surface area contributed by atoms with E-state index in [1.165, 1.54) is 4.90 Å². The van der Waals surface area contributed by atoms with E-state index in [-0.39, 0.29) is 24.1 Å². The number of carbonyl (C=O) groups is 3. The molecule has 3 amide bonds. The van der Waals surface area contributed by atoms with Gasteiger partial charge < -0.3 is 10.2 Å². The van der Waals surface area contributed by atoms with Crippen LogP contribution in [0.3, 0.4) is 0 Å². The number of carbonyl (C=O) groups excluding carboxylic acids is 3. The van der Waals surface area contributed by atoms with Crippen molar-refractivity contribution in [3.63, 3.8) is 0 Å². The number of imide groups is 1. The Morgan fingerprint density at radius 1 is 0.962 bits per heavy atom. The van der Waals surface area contributed by atoms with E-state index < -0.39 is 0 Å². The first-order valence-electron chi connectivity index (χ1n) is 8.45. The minimum absolute atomic E-state index is 0.0552. The minimum Gasteiger partial charge on any atom is -0.355 e. The van der Waals surface area contributed by atoms with Crippen molar-refractivity contribution in [2.45, 2.75) is 6.42 Å². The lowest BCUT2D eigenvalue weighted by molar-refractivity contribution is -0.120. The topological polar surface area (TPSA) is 69.7 Å². The Kier molecular flexibility index (Phi) is 5.14. The molecule has 1 aliphatic rings. The number of amides is 3. The summed E-state index contributed by atoms with van der Waals surface area (Å²) in [5, 5.41) is 2.86. The summed E-state index contributed by atoms with van der Waals surface area (Å²) < 4.78 is 0. The molecule has 1 N–H and O–H groups in total. The monoisotopic (exact) mass is 351 g/mol. The number of nitrogens with zero attached hydrogens (tertiary/aromatic N) is 2. The largest absolute Gasteiger partial charge is 0.355 e. The van der Waals surface area contributed by atoms with Gasteiger partial charge in [0.25, 0.3) is 11.8 Å². The van der Waals surface area contributed by atoms with Crippen LogP contribution in [0.2, 0.25) is 0 Å². The van der Waals surface area contributed by atoms with Crippen molar-refractivity contribution in [2.75, 3.05) is 32.1 Å². The molecule has 26 heavy (non-hydrogen) atoms. The van der Waals surface area contributed by atoms with Gasteiger partial charge in [-0.1, -0.05) is 24.3 Å². The molecule has 0 saturated heterocycles. The highest BCUT2D eigenvalue weighted by Crippen LogP contribution is 2.28. The third-order valence-electron chi connectivity index (χ3n) is 4.23. The smallest absolute Gasteiger partial charge is 0.266 e. The Morgan fingerprint density at radius 3 is 2.08 bits per heavy atom. The van der Waals surface area contributed by atoms with E-state index in [1.807, 2.05) is 19.0 Å². The fourth-order valence-corrected chi connectivity index (χ4v) is 2.85. The summed E-state index contributed by atoms with van der Waals surface area (Å²) in [5.74, 6) is -0.695. The third kappa shape index (κ3) is 3.65. The van der Waals surface area contributed by atoms with Gasteiger partial charge in [-0.25, -0.2) is 4.90 Å². The first-order valence-corrected chi connectivity index (χ1v) is 8.45. The Morgan fingerprint density at radius 2 is 1.54 bits per heavy atom. The van der Waals surface area contributed by atoms with Crippen LogP contribution in [0, 0.1) is 0 Å². The molecule has 0 spiro atoms. The van der Waals surface area contributed by atoms with Crippen molar-refractivity contribution in [3.8, 4) is 0 Å². The molecule has 1 aliphatic heterocycles. The summed E-state index contributed by atoms with van der Waals surface area (Å²) in [7, 11) is 3.90. The zero-order valence-corrected chi connectivity index (χ0v) is 14.9. The quantitative estimate of drug-likeness (QED) is 0.805. The number of fused-ring (bicyclic) bond motifs is 1. The highest BCUT2D eigenvalue weighted by atomic mass is 16.2. The Bertz CT molecular complexity index is 809. The number of hydrogen-bond acceptors (Lipinski definition) is 4. The number of rotatable bonds is 6. The molecule has 0 fully saturated rings. The van der Waals surface area contributed by atoms with Gasteiger partial charge in [0.2, 0.25) is 5.91 Å². The van der Waals surface area contributed by atoms with Crippen LogP contribution in [-0.4, -0.2) is 49.8 Å². The normalized spacial score (nSPS) is 13.3. The molecule has 0 aromatic heterocycles. The predicted molar refractivity (Wildman–Crippen MR) is 99.3 cm³/mol. The lowest BCUT2D eigenvalue weighted by atomic mass is 10.1. The lowest BCUT2D eigenvalue weighted by Gasteiger charge is -2.14. The van der Waals surface area contributed by atoms with E-state index in [4.69, 9.17) is 0 Å². The molecule has 0 saturated carbocycles. The summed E-state index contributed by atoms with van der Waals surface area (Å²) in [6.07, 6.45) is 0.260. The first kappa shape index (κ1) is 17.8. The molecule has 1 heterocycles. The van der Waals surface area contributed by atoms with E-state index in [0.29, 0.717) is 23.4 Å². The molecule has 6 nitrogen and oxygen atoms in total. The van der Waals surface area contributed by atoms with Gasteiger partial charge in [-0.3, -0.25) is 14.4 Å². The van der Waals surface area contributed by atoms with Gasteiger partial charge in [-0.2, -0.15) is 0 Å². The zero-order chi connectivity index (χ0) is 18.7. The Hall–Kier alpha value is -2.99. The Labute approximate surface area is 152 Å². The molecule has 0 aliphatic carbocycles. The summed E-state index contributed by atoms with van der Waals surface area (Å²) in [5.41, 5.74) is 2.17. The SMILES string of the molecule is CN(C)CCNC(=O)Cc1ccc(N2C(=O)c3ccccc3C2=O)cc1. The molecule has 2 aromatic rings. The minimum atomic E-state index is -0.320. The molecule has 2 aromatic carbocycles. The van der Waals surface area contributed by atoms with Crippen LogP contribution < -0.4 is 10.2 Å². The van der Waals surface area contributed by atoms with E-state index in [1.54, 1.807) is 48.5 Å². The number of likely N-dealkylation sites (N-methyl/N-ethyl adjacent to an activating group) is 1. The van der Waals surface area contributed by atoms with Gasteiger partial charge >= 0.3 is 0 Å². The van der Waals surface area contributed by atoms with Gasteiger partial charge in [-0.15, -0.1) is 0 Å². The summed E-state index contributed by atoms with van der Waals surface area (Å²) in [6.45, 7) is 1.38. The van der Waals surface area contributed by atoms with Crippen LogP contribution in [0.5, 0.6) is 0 Å². The molecule has 0 unspecified atom stereocenters. The fourth-order valence-electron chi connectivity index (χ4n) is 2.85. The first-order chi connectivity index (χ1) is 12.5. The molecular weight excluding hydrogens is 330 g/mol. The second-order valence-corrected chi connectivity index (χ2v) is 6.49. The molecule has 134 valence electrons. The number of anilines is 1.